The monoisotopic (exact) mass is 437 g/mol. The largest absolute Gasteiger partial charge is 0.497 e. The number of anilines is 2. The van der Waals surface area contributed by atoms with Gasteiger partial charge in [0.15, 0.2) is 0 Å². The van der Waals surface area contributed by atoms with Gasteiger partial charge in [0.25, 0.3) is 10.0 Å². The van der Waals surface area contributed by atoms with Gasteiger partial charge < -0.3 is 9.64 Å². The molecule has 4 rings (SSSR count). The minimum atomic E-state index is -3.68. The zero-order valence-electron chi connectivity index (χ0n) is 17.8. The van der Waals surface area contributed by atoms with Crippen LogP contribution in [0.2, 0.25) is 0 Å². The van der Waals surface area contributed by atoms with Gasteiger partial charge in [0, 0.05) is 25.3 Å². The summed E-state index contributed by atoms with van der Waals surface area (Å²) >= 11 is 0. The summed E-state index contributed by atoms with van der Waals surface area (Å²) in [4.78, 5) is 6.98. The standard InChI is InChI=1S/C24H27N3O3S/c1-3-27(21-7-5-4-6-8-21)31(28,29)23-15-16-24(25-17-23)26(20-11-12-20)18-19-9-13-22(30-2)14-10-19/h4-10,13-17,20H,3,11-12,18H2,1-2H3. The first-order chi connectivity index (χ1) is 15.0. The molecule has 1 heterocycles. The average Bonchev–Trinajstić information content (AvgIpc) is 3.64. The second-order valence-electron chi connectivity index (χ2n) is 7.56. The number of rotatable bonds is 9. The fraction of sp³-hybridized carbons (Fsp3) is 0.292. The normalized spacial score (nSPS) is 13.6. The van der Waals surface area contributed by atoms with Gasteiger partial charge in [-0.15, -0.1) is 0 Å². The summed E-state index contributed by atoms with van der Waals surface area (Å²) < 4.78 is 33.0. The lowest BCUT2D eigenvalue weighted by Gasteiger charge is -2.25. The Bertz CT molecular complexity index is 1100. The fourth-order valence-electron chi connectivity index (χ4n) is 3.62. The van der Waals surface area contributed by atoms with Gasteiger partial charge in [-0.1, -0.05) is 30.3 Å². The van der Waals surface area contributed by atoms with Crippen molar-refractivity contribution in [2.24, 2.45) is 0 Å². The Morgan fingerprint density at radius 1 is 1.00 bits per heavy atom. The molecule has 1 aliphatic rings. The number of para-hydroxylation sites is 1. The van der Waals surface area contributed by atoms with E-state index in [1.807, 2.05) is 55.5 Å². The Morgan fingerprint density at radius 3 is 2.26 bits per heavy atom. The predicted molar refractivity (Wildman–Crippen MR) is 123 cm³/mol. The van der Waals surface area contributed by atoms with E-state index in [-0.39, 0.29) is 4.90 Å². The molecule has 0 unspecified atom stereocenters. The van der Waals surface area contributed by atoms with Gasteiger partial charge in [0.05, 0.1) is 12.8 Å². The van der Waals surface area contributed by atoms with E-state index in [2.05, 4.69) is 9.88 Å². The van der Waals surface area contributed by atoms with Crippen LogP contribution in [0.5, 0.6) is 5.75 Å². The van der Waals surface area contributed by atoms with E-state index >= 15 is 0 Å². The van der Waals surface area contributed by atoms with Crippen LogP contribution >= 0.6 is 0 Å². The van der Waals surface area contributed by atoms with E-state index in [9.17, 15) is 8.42 Å². The number of hydrogen-bond acceptors (Lipinski definition) is 5. The average molecular weight is 438 g/mol. The van der Waals surface area contributed by atoms with Gasteiger partial charge in [-0.05, 0) is 61.7 Å². The number of aromatic nitrogens is 1. The summed E-state index contributed by atoms with van der Waals surface area (Å²) in [7, 11) is -2.02. The first-order valence-corrected chi connectivity index (χ1v) is 11.9. The van der Waals surface area contributed by atoms with Crippen LogP contribution in [0.1, 0.15) is 25.3 Å². The third kappa shape index (κ3) is 4.66. The molecule has 6 nitrogen and oxygen atoms in total. The number of pyridine rings is 1. The van der Waals surface area contributed by atoms with Crippen molar-refractivity contribution in [1.29, 1.82) is 0 Å². The molecule has 1 fully saturated rings. The second-order valence-corrected chi connectivity index (χ2v) is 9.43. The molecule has 0 saturated heterocycles. The van der Waals surface area contributed by atoms with Crippen molar-refractivity contribution >= 4 is 21.5 Å². The van der Waals surface area contributed by atoms with E-state index in [4.69, 9.17) is 4.74 Å². The maximum absolute atomic E-state index is 13.2. The number of benzene rings is 2. The Balaban J connectivity index is 1.56. The minimum absolute atomic E-state index is 0.196. The van der Waals surface area contributed by atoms with Crippen LogP contribution in [0.4, 0.5) is 11.5 Å². The van der Waals surface area contributed by atoms with Gasteiger partial charge >= 0.3 is 0 Å². The lowest BCUT2D eigenvalue weighted by Crippen LogP contribution is -2.31. The van der Waals surface area contributed by atoms with Gasteiger partial charge in [0.1, 0.15) is 16.5 Å². The van der Waals surface area contributed by atoms with Crippen LogP contribution < -0.4 is 13.9 Å². The molecule has 1 aromatic heterocycles. The molecule has 0 radical (unpaired) electrons. The summed E-state index contributed by atoms with van der Waals surface area (Å²) in [6.45, 7) is 2.90. The number of ether oxygens (including phenoxy) is 1. The molecule has 1 aliphatic carbocycles. The molecule has 7 heteroatoms. The Hall–Kier alpha value is -3.06. The Labute approximate surface area is 184 Å². The summed E-state index contributed by atoms with van der Waals surface area (Å²) in [6.07, 6.45) is 3.71. The maximum atomic E-state index is 13.2. The molecular weight excluding hydrogens is 410 g/mol. The summed E-state index contributed by atoms with van der Waals surface area (Å²) in [6, 6.07) is 21.0. The molecule has 31 heavy (non-hydrogen) atoms. The van der Waals surface area contributed by atoms with Crippen molar-refractivity contribution in [3.63, 3.8) is 0 Å². The smallest absolute Gasteiger partial charge is 0.265 e. The van der Waals surface area contributed by atoms with Crippen molar-refractivity contribution in [3.8, 4) is 5.75 Å². The van der Waals surface area contributed by atoms with Gasteiger partial charge in [0.2, 0.25) is 0 Å². The van der Waals surface area contributed by atoms with E-state index in [0.29, 0.717) is 18.3 Å². The quantitative estimate of drug-likeness (QED) is 0.494. The molecular formula is C24H27N3O3S. The van der Waals surface area contributed by atoms with Gasteiger partial charge in [-0.2, -0.15) is 0 Å². The highest BCUT2D eigenvalue weighted by molar-refractivity contribution is 7.92. The van der Waals surface area contributed by atoms with Crippen LogP contribution in [-0.4, -0.2) is 33.1 Å². The second kappa shape index (κ2) is 8.98. The van der Waals surface area contributed by atoms with Crippen molar-refractivity contribution in [2.75, 3.05) is 22.9 Å². The van der Waals surface area contributed by atoms with E-state index in [1.165, 1.54) is 10.5 Å². The molecule has 0 aliphatic heterocycles. The maximum Gasteiger partial charge on any atom is 0.265 e. The Kier molecular flexibility index (Phi) is 6.13. The van der Waals surface area contributed by atoms with Crippen molar-refractivity contribution in [3.05, 3.63) is 78.5 Å². The third-order valence-corrected chi connectivity index (χ3v) is 7.32. The molecule has 0 amide bonds. The van der Waals surface area contributed by atoms with Gasteiger partial charge in [-0.25, -0.2) is 13.4 Å². The van der Waals surface area contributed by atoms with Crippen LogP contribution in [0.25, 0.3) is 0 Å². The van der Waals surface area contributed by atoms with E-state index < -0.39 is 10.0 Å². The molecule has 0 spiro atoms. The van der Waals surface area contributed by atoms with Crippen LogP contribution in [0.15, 0.2) is 77.8 Å². The number of methoxy groups -OCH3 is 1. The highest BCUT2D eigenvalue weighted by Gasteiger charge is 2.31. The lowest BCUT2D eigenvalue weighted by molar-refractivity contribution is 0.414. The first kappa shape index (κ1) is 21.2. The zero-order chi connectivity index (χ0) is 21.8. The van der Waals surface area contributed by atoms with E-state index in [1.54, 1.807) is 25.3 Å². The molecule has 0 bridgehead atoms. The van der Waals surface area contributed by atoms with Crippen LogP contribution in [-0.2, 0) is 16.6 Å². The summed E-state index contributed by atoms with van der Waals surface area (Å²) in [5, 5.41) is 0. The van der Waals surface area contributed by atoms with Crippen molar-refractivity contribution in [2.45, 2.75) is 37.2 Å². The number of hydrogen-bond donors (Lipinski definition) is 0. The van der Waals surface area contributed by atoms with E-state index in [0.717, 1.165) is 36.5 Å². The number of nitrogens with zero attached hydrogens (tertiary/aromatic N) is 3. The molecule has 0 N–H and O–H groups in total. The zero-order valence-corrected chi connectivity index (χ0v) is 18.6. The number of sulfonamides is 1. The molecule has 162 valence electrons. The molecule has 3 aromatic rings. The van der Waals surface area contributed by atoms with Crippen molar-refractivity contribution in [1.82, 2.24) is 4.98 Å². The lowest BCUT2D eigenvalue weighted by atomic mass is 10.2. The highest BCUT2D eigenvalue weighted by atomic mass is 32.2. The minimum Gasteiger partial charge on any atom is -0.497 e. The Morgan fingerprint density at radius 2 is 1.71 bits per heavy atom. The van der Waals surface area contributed by atoms with Crippen LogP contribution in [0.3, 0.4) is 0 Å². The fourth-order valence-corrected chi connectivity index (χ4v) is 5.04. The van der Waals surface area contributed by atoms with Gasteiger partial charge in [-0.3, -0.25) is 4.31 Å². The molecule has 1 saturated carbocycles. The van der Waals surface area contributed by atoms with Crippen molar-refractivity contribution < 1.29 is 13.2 Å². The molecule has 2 aromatic carbocycles. The summed E-state index contributed by atoms with van der Waals surface area (Å²) in [5.41, 5.74) is 1.81. The first-order valence-electron chi connectivity index (χ1n) is 10.5. The summed E-state index contributed by atoms with van der Waals surface area (Å²) in [5.74, 6) is 1.62. The highest BCUT2D eigenvalue weighted by Crippen LogP contribution is 2.33. The van der Waals surface area contributed by atoms with Crippen LogP contribution in [0, 0.1) is 0 Å². The molecule has 0 atom stereocenters. The third-order valence-electron chi connectivity index (χ3n) is 5.43. The SMILES string of the molecule is CCN(c1ccccc1)S(=O)(=O)c1ccc(N(Cc2ccc(OC)cc2)C2CC2)nc1. The predicted octanol–water partition coefficient (Wildman–Crippen LogP) is 4.47. The topological polar surface area (TPSA) is 62.7 Å².